The molecule has 1 amide bonds. The van der Waals surface area contributed by atoms with E-state index in [-0.39, 0.29) is 18.2 Å². The van der Waals surface area contributed by atoms with Crippen LogP contribution in [0.4, 0.5) is 4.79 Å². The number of likely N-dealkylation sites (tertiary alicyclic amines) is 1. The molecule has 1 aliphatic heterocycles. The van der Waals surface area contributed by atoms with Crippen LogP contribution in [-0.4, -0.2) is 50.2 Å². The summed E-state index contributed by atoms with van der Waals surface area (Å²) in [7, 11) is 0. The normalized spacial score (nSPS) is 17.4. The molecule has 2 aromatic rings. The number of pyridine rings is 1. The van der Waals surface area contributed by atoms with Crippen LogP contribution in [0.25, 0.3) is 11.0 Å². The van der Waals surface area contributed by atoms with Gasteiger partial charge in [-0.15, -0.1) is 5.10 Å². The fourth-order valence-corrected chi connectivity index (χ4v) is 2.86. The van der Waals surface area contributed by atoms with Gasteiger partial charge in [-0.05, 0) is 26.2 Å². The maximum atomic E-state index is 12.1. The number of fused-ring (bicyclic) bond motifs is 1. The maximum Gasteiger partial charge on any atom is 0.410 e. The Hall–Kier alpha value is -1.89. The monoisotopic (exact) mass is 337 g/mol. The minimum Gasteiger partial charge on any atom is -0.446 e. The number of carbonyl (C=O) groups excluding carboxylic acids is 1. The van der Waals surface area contributed by atoms with Gasteiger partial charge >= 0.3 is 6.09 Å². The zero-order chi connectivity index (χ0) is 16.4. The molecule has 23 heavy (non-hydrogen) atoms. The largest absolute Gasteiger partial charge is 0.446 e. The van der Waals surface area contributed by atoms with Crippen LogP contribution in [0, 0.1) is 0 Å². The van der Waals surface area contributed by atoms with Gasteiger partial charge in [-0.1, -0.05) is 23.7 Å². The Balaban J connectivity index is 1.65. The molecule has 0 unspecified atom stereocenters. The van der Waals surface area contributed by atoms with E-state index < -0.39 is 0 Å². The number of piperidine rings is 1. The van der Waals surface area contributed by atoms with Crippen molar-refractivity contribution in [2.75, 3.05) is 13.1 Å². The Morgan fingerprint density at radius 1 is 1.48 bits per heavy atom. The Morgan fingerprint density at radius 3 is 2.91 bits per heavy atom. The molecule has 0 aromatic carbocycles. The van der Waals surface area contributed by atoms with Gasteiger partial charge in [-0.2, -0.15) is 0 Å². The molecule has 0 aliphatic carbocycles. The summed E-state index contributed by atoms with van der Waals surface area (Å²) in [5.74, 6) is 0. The number of hydrogen-bond acceptors (Lipinski definition) is 5. The summed E-state index contributed by atoms with van der Waals surface area (Å²) in [5, 5.41) is 8.78. The van der Waals surface area contributed by atoms with Crippen molar-refractivity contribution in [3.63, 3.8) is 0 Å². The number of amides is 1. The van der Waals surface area contributed by atoms with Gasteiger partial charge in [-0.25, -0.2) is 14.5 Å². The van der Waals surface area contributed by atoms with Crippen LogP contribution in [0.15, 0.2) is 12.3 Å². The number of nitrogens with zero attached hydrogens (tertiary/aromatic N) is 5. The first-order valence-corrected chi connectivity index (χ1v) is 8.28. The zero-order valence-corrected chi connectivity index (χ0v) is 14.0. The molecule has 0 radical (unpaired) electrons. The summed E-state index contributed by atoms with van der Waals surface area (Å²) >= 11 is 5.87. The van der Waals surface area contributed by atoms with E-state index in [9.17, 15) is 4.79 Å². The van der Waals surface area contributed by atoms with Crippen LogP contribution < -0.4 is 0 Å². The summed E-state index contributed by atoms with van der Waals surface area (Å²) in [5.41, 5.74) is 1.61. The van der Waals surface area contributed by atoms with Crippen molar-refractivity contribution in [1.29, 1.82) is 0 Å². The van der Waals surface area contributed by atoms with Crippen LogP contribution in [0.3, 0.4) is 0 Å². The van der Waals surface area contributed by atoms with Gasteiger partial charge in [-0.3, -0.25) is 0 Å². The Morgan fingerprint density at radius 2 is 2.22 bits per heavy atom. The topological polar surface area (TPSA) is 73.1 Å². The van der Waals surface area contributed by atoms with Gasteiger partial charge < -0.3 is 9.64 Å². The molecule has 2 aromatic heterocycles. The Labute approximate surface area is 139 Å². The van der Waals surface area contributed by atoms with Crippen molar-refractivity contribution in [1.82, 2.24) is 24.9 Å². The number of carbonyl (C=O) groups is 1. The predicted octanol–water partition coefficient (Wildman–Crippen LogP) is 3.05. The zero-order valence-electron chi connectivity index (χ0n) is 13.3. The molecule has 7 nitrogen and oxygen atoms in total. The first kappa shape index (κ1) is 16.0. The highest BCUT2D eigenvalue weighted by Crippen LogP contribution is 2.26. The molecule has 0 bridgehead atoms. The predicted molar refractivity (Wildman–Crippen MR) is 86.4 cm³/mol. The van der Waals surface area contributed by atoms with Crippen molar-refractivity contribution in [3.05, 3.63) is 17.4 Å². The quantitative estimate of drug-likeness (QED) is 0.805. The SMILES string of the molecule is CC[C@@H](C)OC(=O)N1CCC(n2nnc3cc(Cl)ncc32)CC1. The third-order valence-electron chi connectivity index (χ3n) is 4.27. The molecule has 3 rings (SSSR count). The van der Waals surface area contributed by atoms with Crippen molar-refractivity contribution in [2.24, 2.45) is 0 Å². The molecule has 1 atom stereocenters. The third-order valence-corrected chi connectivity index (χ3v) is 4.48. The molecule has 0 saturated carbocycles. The second-order valence-corrected chi connectivity index (χ2v) is 6.24. The van der Waals surface area contributed by atoms with E-state index in [1.165, 1.54) is 0 Å². The van der Waals surface area contributed by atoms with Gasteiger partial charge in [0, 0.05) is 19.2 Å². The van der Waals surface area contributed by atoms with E-state index in [0.29, 0.717) is 18.2 Å². The van der Waals surface area contributed by atoms with E-state index in [4.69, 9.17) is 16.3 Å². The van der Waals surface area contributed by atoms with Crippen molar-refractivity contribution >= 4 is 28.7 Å². The van der Waals surface area contributed by atoms with Crippen molar-refractivity contribution in [3.8, 4) is 0 Å². The molecule has 1 aliphatic rings. The molecular weight excluding hydrogens is 318 g/mol. The number of ether oxygens (including phenoxy) is 1. The lowest BCUT2D eigenvalue weighted by atomic mass is 10.1. The smallest absolute Gasteiger partial charge is 0.410 e. The number of aromatic nitrogens is 4. The summed E-state index contributed by atoms with van der Waals surface area (Å²) < 4.78 is 7.26. The molecule has 0 spiro atoms. The standard InChI is InChI=1S/C15H20ClN5O2/c1-3-10(2)23-15(22)20-6-4-11(5-7-20)21-13-9-17-14(16)8-12(13)18-19-21/h8-11H,3-7H2,1-2H3/t10-/m1/s1. The number of rotatable bonds is 3. The van der Waals surface area contributed by atoms with Crippen molar-refractivity contribution < 1.29 is 9.53 Å². The number of halogens is 1. The lowest BCUT2D eigenvalue weighted by molar-refractivity contribution is 0.0581. The van der Waals surface area contributed by atoms with Gasteiger partial charge in [0.25, 0.3) is 0 Å². The molecule has 1 saturated heterocycles. The van der Waals surface area contributed by atoms with Crippen LogP contribution >= 0.6 is 11.6 Å². The second-order valence-electron chi connectivity index (χ2n) is 5.85. The van der Waals surface area contributed by atoms with E-state index in [1.54, 1.807) is 17.2 Å². The van der Waals surface area contributed by atoms with Gasteiger partial charge in [0.1, 0.15) is 22.3 Å². The highest BCUT2D eigenvalue weighted by Gasteiger charge is 2.27. The summed E-state index contributed by atoms with van der Waals surface area (Å²) in [6, 6.07) is 1.91. The molecule has 3 heterocycles. The lowest BCUT2D eigenvalue weighted by Crippen LogP contribution is -2.40. The first-order chi connectivity index (χ1) is 11.1. The molecule has 8 heteroatoms. The van der Waals surface area contributed by atoms with Crippen LogP contribution in [0.5, 0.6) is 0 Å². The second kappa shape index (κ2) is 6.70. The summed E-state index contributed by atoms with van der Waals surface area (Å²) in [6.45, 7) is 5.22. The van der Waals surface area contributed by atoms with Crippen LogP contribution in [-0.2, 0) is 4.74 Å². The van der Waals surface area contributed by atoms with Gasteiger partial charge in [0.15, 0.2) is 0 Å². The molecular formula is C15H20ClN5O2. The Kier molecular flexibility index (Phi) is 4.66. The first-order valence-electron chi connectivity index (χ1n) is 7.90. The van der Waals surface area contributed by atoms with E-state index in [0.717, 1.165) is 30.3 Å². The van der Waals surface area contributed by atoms with Gasteiger partial charge in [0.2, 0.25) is 0 Å². The van der Waals surface area contributed by atoms with Crippen molar-refractivity contribution in [2.45, 2.75) is 45.3 Å². The van der Waals surface area contributed by atoms with Crippen LogP contribution in [0.1, 0.15) is 39.2 Å². The lowest BCUT2D eigenvalue weighted by Gasteiger charge is -2.32. The average Bonchev–Trinajstić information content (AvgIpc) is 2.97. The summed E-state index contributed by atoms with van der Waals surface area (Å²) in [4.78, 5) is 17.9. The highest BCUT2D eigenvalue weighted by molar-refractivity contribution is 6.29. The fraction of sp³-hybridized carbons (Fsp3) is 0.600. The van der Waals surface area contributed by atoms with E-state index in [1.807, 2.05) is 18.5 Å². The van der Waals surface area contributed by atoms with Crippen LogP contribution in [0.2, 0.25) is 5.15 Å². The van der Waals surface area contributed by atoms with Gasteiger partial charge in [0.05, 0.1) is 12.2 Å². The minimum absolute atomic E-state index is 0.0460. The molecule has 0 N–H and O–H groups in total. The molecule has 1 fully saturated rings. The summed E-state index contributed by atoms with van der Waals surface area (Å²) in [6.07, 6.45) is 3.88. The highest BCUT2D eigenvalue weighted by atomic mass is 35.5. The fourth-order valence-electron chi connectivity index (χ4n) is 2.71. The average molecular weight is 338 g/mol. The maximum absolute atomic E-state index is 12.1. The van der Waals surface area contributed by atoms with E-state index >= 15 is 0 Å². The Bertz CT molecular complexity index is 696. The minimum atomic E-state index is -0.227. The molecule has 124 valence electrons. The van der Waals surface area contributed by atoms with E-state index in [2.05, 4.69) is 15.3 Å². The third kappa shape index (κ3) is 3.39. The number of hydrogen-bond donors (Lipinski definition) is 0.